The summed E-state index contributed by atoms with van der Waals surface area (Å²) in [4.78, 5) is 12.9. The van der Waals surface area contributed by atoms with Crippen LogP contribution in [0.15, 0.2) is 24.3 Å². The molecule has 0 bridgehead atoms. The number of aliphatic hydroxyl groups is 1. The molecular formula is C11H12FNO2. The van der Waals surface area contributed by atoms with Gasteiger partial charge in [-0.3, -0.25) is 4.79 Å². The molecule has 1 saturated heterocycles. The van der Waals surface area contributed by atoms with Crippen molar-refractivity contribution in [2.75, 3.05) is 6.54 Å². The molecule has 3 nitrogen and oxygen atoms in total. The Kier molecular flexibility index (Phi) is 2.68. The molecule has 1 heterocycles. The van der Waals surface area contributed by atoms with Crippen molar-refractivity contribution >= 4 is 5.91 Å². The standard InChI is InChI=1S/C11H12FNO2/c12-9-3-1-8(2-4-9)6-13-7-10(14)5-11(13)15/h1-4,10,14H,5-7H2. The lowest BCUT2D eigenvalue weighted by atomic mass is 10.2. The van der Waals surface area contributed by atoms with Crippen molar-refractivity contribution in [3.8, 4) is 0 Å². The highest BCUT2D eigenvalue weighted by Gasteiger charge is 2.27. The van der Waals surface area contributed by atoms with Crippen LogP contribution in [0.25, 0.3) is 0 Å². The van der Waals surface area contributed by atoms with Gasteiger partial charge >= 0.3 is 0 Å². The first-order chi connectivity index (χ1) is 7.15. The molecule has 0 aromatic heterocycles. The number of carbonyl (C=O) groups excluding carboxylic acids is 1. The van der Waals surface area contributed by atoms with Gasteiger partial charge in [0.05, 0.1) is 12.5 Å². The van der Waals surface area contributed by atoms with Crippen LogP contribution in [0.1, 0.15) is 12.0 Å². The first kappa shape index (κ1) is 10.1. The van der Waals surface area contributed by atoms with Crippen molar-refractivity contribution in [2.24, 2.45) is 0 Å². The van der Waals surface area contributed by atoms with Crippen LogP contribution in [0.4, 0.5) is 4.39 Å². The van der Waals surface area contributed by atoms with Gasteiger partial charge in [0.1, 0.15) is 5.82 Å². The maximum absolute atomic E-state index is 12.6. The van der Waals surface area contributed by atoms with Gasteiger partial charge in [-0.15, -0.1) is 0 Å². The predicted octanol–water partition coefficient (Wildman–Crippen LogP) is 0.919. The number of hydrogen-bond donors (Lipinski definition) is 1. The molecule has 1 N–H and O–H groups in total. The van der Waals surface area contributed by atoms with E-state index in [2.05, 4.69) is 0 Å². The Hall–Kier alpha value is -1.42. The van der Waals surface area contributed by atoms with Crippen molar-refractivity contribution in [3.63, 3.8) is 0 Å². The molecule has 0 radical (unpaired) electrons. The number of β-amino-alcohol motifs (C(OH)–C–C–N with tert-alkyl or cyclic N) is 1. The Morgan fingerprint density at radius 1 is 1.40 bits per heavy atom. The molecule has 1 aromatic carbocycles. The second-order valence-electron chi connectivity index (χ2n) is 3.76. The van der Waals surface area contributed by atoms with Gasteiger partial charge in [-0.05, 0) is 17.7 Å². The Morgan fingerprint density at radius 2 is 2.07 bits per heavy atom. The van der Waals surface area contributed by atoms with Crippen LogP contribution < -0.4 is 0 Å². The average Bonchev–Trinajstić information content (AvgIpc) is 2.49. The van der Waals surface area contributed by atoms with E-state index in [0.29, 0.717) is 13.1 Å². The van der Waals surface area contributed by atoms with E-state index < -0.39 is 6.10 Å². The van der Waals surface area contributed by atoms with Crippen molar-refractivity contribution in [2.45, 2.75) is 19.1 Å². The first-order valence-corrected chi connectivity index (χ1v) is 4.85. The van der Waals surface area contributed by atoms with E-state index >= 15 is 0 Å². The highest BCUT2D eigenvalue weighted by molar-refractivity contribution is 5.78. The number of hydrogen-bond acceptors (Lipinski definition) is 2. The third-order valence-corrected chi connectivity index (χ3v) is 2.48. The summed E-state index contributed by atoms with van der Waals surface area (Å²) in [6.07, 6.45) is -0.362. The third kappa shape index (κ3) is 2.33. The summed E-state index contributed by atoms with van der Waals surface area (Å²) in [6, 6.07) is 6.03. The molecule has 1 unspecified atom stereocenters. The molecule has 2 rings (SSSR count). The van der Waals surface area contributed by atoms with Crippen molar-refractivity contribution in [1.29, 1.82) is 0 Å². The number of nitrogens with zero attached hydrogens (tertiary/aromatic N) is 1. The minimum atomic E-state index is -0.557. The number of benzene rings is 1. The third-order valence-electron chi connectivity index (χ3n) is 2.48. The minimum Gasteiger partial charge on any atom is -0.391 e. The molecule has 0 aliphatic carbocycles. The van der Waals surface area contributed by atoms with E-state index in [9.17, 15) is 14.3 Å². The molecule has 80 valence electrons. The number of amides is 1. The van der Waals surface area contributed by atoms with Crippen LogP contribution in [0.5, 0.6) is 0 Å². The van der Waals surface area contributed by atoms with Crippen molar-refractivity contribution < 1.29 is 14.3 Å². The van der Waals surface area contributed by atoms with E-state index in [1.54, 1.807) is 17.0 Å². The Morgan fingerprint density at radius 3 is 2.60 bits per heavy atom. The van der Waals surface area contributed by atoms with Crippen LogP contribution in [0, 0.1) is 5.82 Å². The first-order valence-electron chi connectivity index (χ1n) is 4.85. The Balaban J connectivity index is 2.03. The smallest absolute Gasteiger partial charge is 0.225 e. The van der Waals surface area contributed by atoms with Crippen LogP contribution in [0.3, 0.4) is 0 Å². The lowest BCUT2D eigenvalue weighted by molar-refractivity contribution is -0.128. The predicted molar refractivity (Wildman–Crippen MR) is 52.4 cm³/mol. The van der Waals surface area contributed by atoms with Crippen LogP contribution in [0.2, 0.25) is 0 Å². The van der Waals surface area contributed by atoms with Gasteiger partial charge in [-0.2, -0.15) is 0 Å². The zero-order valence-corrected chi connectivity index (χ0v) is 8.19. The molecule has 15 heavy (non-hydrogen) atoms. The highest BCUT2D eigenvalue weighted by atomic mass is 19.1. The minimum absolute atomic E-state index is 0.0492. The number of halogens is 1. The summed E-state index contributed by atoms with van der Waals surface area (Å²) in [6.45, 7) is 0.812. The van der Waals surface area contributed by atoms with Gasteiger partial charge in [0.15, 0.2) is 0 Å². The van der Waals surface area contributed by atoms with Gasteiger partial charge in [0, 0.05) is 13.1 Å². The lowest BCUT2D eigenvalue weighted by Crippen LogP contribution is -2.25. The summed E-state index contributed by atoms with van der Waals surface area (Å²) in [5.74, 6) is -0.335. The maximum atomic E-state index is 12.6. The summed E-state index contributed by atoms with van der Waals surface area (Å²) >= 11 is 0. The van der Waals surface area contributed by atoms with E-state index in [1.807, 2.05) is 0 Å². The zero-order valence-electron chi connectivity index (χ0n) is 8.19. The molecule has 1 aromatic rings. The fourth-order valence-electron chi connectivity index (χ4n) is 1.71. The Bertz CT molecular complexity index is 363. The fourth-order valence-corrected chi connectivity index (χ4v) is 1.71. The summed E-state index contributed by atoms with van der Waals surface area (Å²) in [5, 5.41) is 9.27. The molecule has 1 aliphatic rings. The molecule has 1 fully saturated rings. The van der Waals surface area contributed by atoms with E-state index in [0.717, 1.165) is 5.56 Å². The van der Waals surface area contributed by atoms with Crippen LogP contribution in [-0.2, 0) is 11.3 Å². The maximum Gasteiger partial charge on any atom is 0.225 e. The van der Waals surface area contributed by atoms with Gasteiger partial charge in [0.25, 0.3) is 0 Å². The summed E-state index contributed by atoms with van der Waals surface area (Å²) in [5.41, 5.74) is 0.874. The Labute approximate surface area is 87.1 Å². The normalized spacial score (nSPS) is 21.1. The topological polar surface area (TPSA) is 40.5 Å². The largest absolute Gasteiger partial charge is 0.391 e. The quantitative estimate of drug-likeness (QED) is 0.786. The number of likely N-dealkylation sites (tertiary alicyclic amines) is 1. The van der Waals surface area contributed by atoms with Gasteiger partial charge in [-0.1, -0.05) is 12.1 Å². The average molecular weight is 209 g/mol. The molecule has 4 heteroatoms. The molecular weight excluding hydrogens is 197 g/mol. The van der Waals surface area contributed by atoms with E-state index in [-0.39, 0.29) is 18.1 Å². The second-order valence-corrected chi connectivity index (χ2v) is 3.76. The highest BCUT2D eigenvalue weighted by Crippen LogP contribution is 2.14. The molecule has 1 amide bonds. The van der Waals surface area contributed by atoms with E-state index in [1.165, 1.54) is 12.1 Å². The monoisotopic (exact) mass is 209 g/mol. The van der Waals surface area contributed by atoms with Crippen LogP contribution >= 0.6 is 0 Å². The summed E-state index contributed by atoms with van der Waals surface area (Å²) in [7, 11) is 0. The lowest BCUT2D eigenvalue weighted by Gasteiger charge is -2.15. The molecule has 0 saturated carbocycles. The van der Waals surface area contributed by atoms with Gasteiger partial charge < -0.3 is 10.0 Å². The summed E-state index contributed by atoms with van der Waals surface area (Å²) < 4.78 is 12.6. The number of carbonyl (C=O) groups is 1. The van der Waals surface area contributed by atoms with Crippen LogP contribution in [-0.4, -0.2) is 28.6 Å². The van der Waals surface area contributed by atoms with Gasteiger partial charge in [-0.25, -0.2) is 4.39 Å². The molecule has 1 aliphatic heterocycles. The van der Waals surface area contributed by atoms with Crippen molar-refractivity contribution in [3.05, 3.63) is 35.6 Å². The number of aliphatic hydroxyl groups excluding tert-OH is 1. The number of rotatable bonds is 2. The SMILES string of the molecule is O=C1CC(O)CN1Cc1ccc(F)cc1. The fraction of sp³-hybridized carbons (Fsp3) is 0.364. The van der Waals surface area contributed by atoms with Gasteiger partial charge in [0.2, 0.25) is 5.91 Å². The zero-order chi connectivity index (χ0) is 10.8. The molecule has 1 atom stereocenters. The van der Waals surface area contributed by atoms with Crippen molar-refractivity contribution in [1.82, 2.24) is 4.90 Å². The molecule has 0 spiro atoms. The second kappa shape index (κ2) is 3.98. The van der Waals surface area contributed by atoms with E-state index in [4.69, 9.17) is 0 Å².